The molecule has 0 saturated carbocycles. The van der Waals surface area contributed by atoms with E-state index in [9.17, 15) is 4.79 Å². The number of carbonyl (C=O) groups excluding carboxylic acids is 1. The summed E-state index contributed by atoms with van der Waals surface area (Å²) in [6.45, 7) is 4.05. The van der Waals surface area contributed by atoms with Gasteiger partial charge in [-0.25, -0.2) is 0 Å². The zero-order valence-corrected chi connectivity index (χ0v) is 10.4. The van der Waals surface area contributed by atoms with E-state index in [4.69, 9.17) is 0 Å². The third-order valence-corrected chi connectivity index (χ3v) is 3.69. The van der Waals surface area contributed by atoms with Crippen molar-refractivity contribution in [3.8, 4) is 0 Å². The molecule has 3 nitrogen and oxygen atoms in total. The van der Waals surface area contributed by atoms with E-state index in [2.05, 4.69) is 17.2 Å². The molecule has 0 aliphatic carbocycles. The molecule has 1 aromatic rings. The monoisotopic (exact) mass is 232 g/mol. The molecule has 1 aliphatic heterocycles. The van der Waals surface area contributed by atoms with Crippen LogP contribution >= 0.6 is 0 Å². The average molecular weight is 232 g/mol. The number of Topliss-reactive ketones (excluding diaryl/α,β-unsaturated/α-hetero) is 1. The first-order valence-electron chi connectivity index (χ1n) is 6.44. The Morgan fingerprint density at radius 1 is 1.47 bits per heavy atom. The summed E-state index contributed by atoms with van der Waals surface area (Å²) in [4.78, 5) is 16.7. The normalized spacial score (nSPS) is 18.9. The predicted octanol–water partition coefficient (Wildman–Crippen LogP) is 2.43. The van der Waals surface area contributed by atoms with Gasteiger partial charge in [-0.1, -0.05) is 13.3 Å². The van der Waals surface area contributed by atoms with Crippen molar-refractivity contribution in [1.29, 1.82) is 0 Å². The van der Waals surface area contributed by atoms with Crippen molar-refractivity contribution < 1.29 is 4.79 Å². The molecule has 2 heterocycles. The summed E-state index contributed by atoms with van der Waals surface area (Å²) in [5.74, 6) is 0.286. The Morgan fingerprint density at radius 3 is 2.82 bits per heavy atom. The number of piperidine rings is 1. The van der Waals surface area contributed by atoms with Gasteiger partial charge in [-0.05, 0) is 44.5 Å². The Hall–Kier alpha value is -1.22. The van der Waals surface area contributed by atoms with Gasteiger partial charge in [0.25, 0.3) is 0 Å². The molecular weight excluding hydrogens is 212 g/mol. The van der Waals surface area contributed by atoms with E-state index < -0.39 is 0 Å². The summed E-state index contributed by atoms with van der Waals surface area (Å²) >= 11 is 0. The Bertz CT molecular complexity index is 364. The van der Waals surface area contributed by atoms with Crippen LogP contribution in [0.25, 0.3) is 0 Å². The summed E-state index contributed by atoms with van der Waals surface area (Å²) in [5, 5.41) is 3.34. The van der Waals surface area contributed by atoms with Gasteiger partial charge in [-0.3, -0.25) is 9.78 Å². The minimum Gasteiger partial charge on any atom is -0.317 e. The number of hydrogen-bond acceptors (Lipinski definition) is 3. The van der Waals surface area contributed by atoms with Crippen molar-refractivity contribution >= 4 is 5.78 Å². The van der Waals surface area contributed by atoms with Crippen LogP contribution in [-0.2, 0) is 0 Å². The number of carbonyl (C=O) groups is 1. The van der Waals surface area contributed by atoms with Crippen LogP contribution < -0.4 is 5.32 Å². The fraction of sp³-hybridized carbons (Fsp3) is 0.571. The molecule has 2 rings (SSSR count). The second kappa shape index (κ2) is 5.41. The molecule has 0 spiro atoms. The maximum Gasteiger partial charge on any atom is 0.170 e. The second-order valence-electron chi connectivity index (χ2n) is 4.85. The maximum atomic E-state index is 12.6. The molecule has 0 amide bonds. The van der Waals surface area contributed by atoms with Gasteiger partial charge < -0.3 is 5.32 Å². The number of aromatic nitrogens is 1. The quantitative estimate of drug-likeness (QED) is 0.811. The lowest BCUT2D eigenvalue weighted by atomic mass is 9.70. The molecule has 0 unspecified atom stereocenters. The molecule has 0 bridgehead atoms. The van der Waals surface area contributed by atoms with Crippen LogP contribution in [0.3, 0.4) is 0 Å². The molecule has 0 atom stereocenters. The standard InChI is InChI=1S/C14H20N2O/c1-2-5-14(6-9-15-10-7-14)13(17)12-4-3-8-16-11-12/h3-4,8,11,15H,2,5-7,9-10H2,1H3. The van der Waals surface area contributed by atoms with Crippen molar-refractivity contribution in [2.24, 2.45) is 5.41 Å². The third kappa shape index (κ3) is 2.55. The van der Waals surface area contributed by atoms with Gasteiger partial charge in [-0.15, -0.1) is 0 Å². The lowest BCUT2D eigenvalue weighted by molar-refractivity contribution is 0.0704. The van der Waals surface area contributed by atoms with Gasteiger partial charge >= 0.3 is 0 Å². The number of ketones is 1. The zero-order valence-electron chi connectivity index (χ0n) is 10.4. The van der Waals surface area contributed by atoms with Crippen LogP contribution in [-0.4, -0.2) is 23.9 Å². The first-order chi connectivity index (χ1) is 8.28. The molecular formula is C14H20N2O. The van der Waals surface area contributed by atoms with E-state index in [1.807, 2.05) is 12.1 Å². The molecule has 0 aromatic carbocycles. The first kappa shape index (κ1) is 12.2. The average Bonchev–Trinajstić information content (AvgIpc) is 2.40. The lowest BCUT2D eigenvalue weighted by Gasteiger charge is -2.36. The van der Waals surface area contributed by atoms with Crippen molar-refractivity contribution in [2.45, 2.75) is 32.6 Å². The molecule has 3 heteroatoms. The highest BCUT2D eigenvalue weighted by atomic mass is 16.1. The number of rotatable bonds is 4. The zero-order chi connectivity index (χ0) is 12.1. The third-order valence-electron chi connectivity index (χ3n) is 3.69. The van der Waals surface area contributed by atoms with Crippen molar-refractivity contribution in [2.75, 3.05) is 13.1 Å². The van der Waals surface area contributed by atoms with Gasteiger partial charge in [0.05, 0.1) is 0 Å². The fourth-order valence-corrected chi connectivity index (χ4v) is 2.78. The lowest BCUT2D eigenvalue weighted by Crippen LogP contribution is -2.42. The summed E-state index contributed by atoms with van der Waals surface area (Å²) in [7, 11) is 0. The van der Waals surface area contributed by atoms with E-state index >= 15 is 0 Å². The molecule has 1 aliphatic rings. The molecule has 17 heavy (non-hydrogen) atoms. The highest BCUT2D eigenvalue weighted by Crippen LogP contribution is 2.37. The van der Waals surface area contributed by atoms with Crippen LogP contribution in [0.1, 0.15) is 43.0 Å². The van der Waals surface area contributed by atoms with E-state index in [1.54, 1.807) is 12.4 Å². The van der Waals surface area contributed by atoms with Gasteiger partial charge in [0.2, 0.25) is 0 Å². The van der Waals surface area contributed by atoms with Crippen LogP contribution in [0.2, 0.25) is 0 Å². The van der Waals surface area contributed by atoms with E-state index in [1.165, 1.54) is 0 Å². The van der Waals surface area contributed by atoms with Gasteiger partial charge in [-0.2, -0.15) is 0 Å². The van der Waals surface area contributed by atoms with Gasteiger partial charge in [0, 0.05) is 23.4 Å². The highest BCUT2D eigenvalue weighted by molar-refractivity contribution is 6.00. The highest BCUT2D eigenvalue weighted by Gasteiger charge is 2.38. The summed E-state index contributed by atoms with van der Waals surface area (Å²) < 4.78 is 0. The van der Waals surface area contributed by atoms with E-state index in [-0.39, 0.29) is 11.2 Å². The summed E-state index contributed by atoms with van der Waals surface area (Å²) in [6.07, 6.45) is 7.37. The fourth-order valence-electron chi connectivity index (χ4n) is 2.78. The van der Waals surface area contributed by atoms with Crippen molar-refractivity contribution in [3.05, 3.63) is 30.1 Å². The Morgan fingerprint density at radius 2 is 2.24 bits per heavy atom. The molecule has 0 radical (unpaired) electrons. The minimum atomic E-state index is -0.150. The van der Waals surface area contributed by atoms with Crippen molar-refractivity contribution in [3.63, 3.8) is 0 Å². The number of nitrogens with zero attached hydrogens (tertiary/aromatic N) is 1. The SMILES string of the molecule is CCCC1(C(=O)c2cccnc2)CCNCC1. The predicted molar refractivity (Wildman–Crippen MR) is 68.0 cm³/mol. The first-order valence-corrected chi connectivity index (χ1v) is 6.44. The van der Waals surface area contributed by atoms with Gasteiger partial charge in [0.15, 0.2) is 5.78 Å². The van der Waals surface area contributed by atoms with Crippen LogP contribution in [0.5, 0.6) is 0 Å². The Balaban J connectivity index is 2.24. The van der Waals surface area contributed by atoms with Gasteiger partial charge in [0.1, 0.15) is 0 Å². The van der Waals surface area contributed by atoms with Crippen LogP contribution in [0.15, 0.2) is 24.5 Å². The maximum absolute atomic E-state index is 12.6. The molecule has 1 saturated heterocycles. The van der Waals surface area contributed by atoms with E-state index in [0.717, 1.165) is 44.3 Å². The van der Waals surface area contributed by atoms with Crippen LogP contribution in [0, 0.1) is 5.41 Å². The molecule has 1 aromatic heterocycles. The minimum absolute atomic E-state index is 0.150. The molecule has 1 N–H and O–H groups in total. The van der Waals surface area contributed by atoms with Crippen LogP contribution in [0.4, 0.5) is 0 Å². The number of hydrogen-bond donors (Lipinski definition) is 1. The topological polar surface area (TPSA) is 42.0 Å². The molecule has 1 fully saturated rings. The second-order valence-corrected chi connectivity index (χ2v) is 4.85. The summed E-state index contributed by atoms with van der Waals surface area (Å²) in [5.41, 5.74) is 0.617. The van der Waals surface area contributed by atoms with E-state index in [0.29, 0.717) is 0 Å². The smallest absolute Gasteiger partial charge is 0.170 e. The largest absolute Gasteiger partial charge is 0.317 e. The summed E-state index contributed by atoms with van der Waals surface area (Å²) in [6, 6.07) is 3.72. The van der Waals surface area contributed by atoms with Crippen molar-refractivity contribution in [1.82, 2.24) is 10.3 Å². The number of nitrogens with one attached hydrogen (secondary N) is 1. The Labute approximate surface area is 103 Å². The Kier molecular flexibility index (Phi) is 3.89. The number of pyridine rings is 1. The molecule has 92 valence electrons.